The van der Waals surface area contributed by atoms with Crippen LogP contribution in [0.3, 0.4) is 0 Å². The summed E-state index contributed by atoms with van der Waals surface area (Å²) < 4.78 is 5.02. The van der Waals surface area contributed by atoms with Gasteiger partial charge in [-0.15, -0.1) is 0 Å². The zero-order valence-corrected chi connectivity index (χ0v) is 15.3. The van der Waals surface area contributed by atoms with Crippen LogP contribution in [0.25, 0.3) is 0 Å². The van der Waals surface area contributed by atoms with Gasteiger partial charge < -0.3 is 17.8 Å². The van der Waals surface area contributed by atoms with Gasteiger partial charge in [-0.25, -0.2) is 4.79 Å². The van der Waals surface area contributed by atoms with E-state index in [0.29, 0.717) is 5.75 Å². The van der Waals surface area contributed by atoms with E-state index in [4.69, 9.17) is 14.9 Å². The molecule has 0 saturated heterocycles. The van der Waals surface area contributed by atoms with E-state index in [1.54, 1.807) is 0 Å². The SMILES string of the molecule is C[C@@H](Oc1ccc(O)cc1)C(=O)O.[H-].[H-].[K+].[K+]. The molecule has 0 bridgehead atoms. The van der Waals surface area contributed by atoms with Crippen LogP contribution in [0.4, 0.5) is 0 Å². The summed E-state index contributed by atoms with van der Waals surface area (Å²) in [7, 11) is 0. The molecule has 0 fully saturated rings. The van der Waals surface area contributed by atoms with Crippen LogP contribution < -0.4 is 108 Å². The molecule has 1 atom stereocenters. The standard InChI is InChI=1S/C9H10O4.2K.2H/c1-6(9(11)12)13-8-4-2-7(10)3-5-8;;;;/h2-6,10H,1H3,(H,11,12);;;;/q;2*+1;2*-1/t6-;;;;/m1..../s1. The van der Waals surface area contributed by atoms with E-state index in [1.807, 2.05) is 0 Å². The van der Waals surface area contributed by atoms with Crippen LogP contribution >= 0.6 is 0 Å². The van der Waals surface area contributed by atoms with Crippen molar-refractivity contribution >= 4 is 5.97 Å². The smallest absolute Gasteiger partial charge is 1.00 e. The van der Waals surface area contributed by atoms with Crippen LogP contribution in [-0.4, -0.2) is 22.3 Å². The Morgan fingerprint density at radius 1 is 1.33 bits per heavy atom. The van der Waals surface area contributed by atoms with Crippen molar-refractivity contribution in [2.75, 3.05) is 0 Å². The Labute approximate surface area is 176 Å². The minimum atomic E-state index is -1.02. The van der Waals surface area contributed by atoms with Crippen LogP contribution in [0.1, 0.15) is 9.78 Å². The van der Waals surface area contributed by atoms with E-state index in [2.05, 4.69) is 0 Å². The van der Waals surface area contributed by atoms with Gasteiger partial charge in [-0.05, 0) is 31.2 Å². The molecule has 0 saturated carbocycles. The maximum absolute atomic E-state index is 10.4. The topological polar surface area (TPSA) is 66.8 Å². The Morgan fingerprint density at radius 2 is 1.80 bits per heavy atom. The average Bonchev–Trinajstić information content (AvgIpc) is 2.08. The molecule has 0 radical (unpaired) electrons. The third kappa shape index (κ3) is 7.48. The van der Waals surface area contributed by atoms with E-state index in [9.17, 15) is 4.79 Å². The van der Waals surface area contributed by atoms with Crippen LogP contribution in [0.15, 0.2) is 24.3 Å². The number of ether oxygens (including phenoxy) is 1. The second-order valence-electron chi connectivity index (χ2n) is 2.59. The average molecular weight is 262 g/mol. The van der Waals surface area contributed by atoms with Gasteiger partial charge in [0.05, 0.1) is 0 Å². The second kappa shape index (κ2) is 9.58. The van der Waals surface area contributed by atoms with Gasteiger partial charge >= 0.3 is 109 Å². The molecule has 4 nitrogen and oxygen atoms in total. The predicted octanol–water partition coefficient (Wildman–Crippen LogP) is -4.52. The van der Waals surface area contributed by atoms with Gasteiger partial charge in [-0.1, -0.05) is 0 Å². The van der Waals surface area contributed by atoms with E-state index < -0.39 is 12.1 Å². The Kier molecular flexibility index (Phi) is 12.1. The van der Waals surface area contributed by atoms with Crippen molar-refractivity contribution in [1.29, 1.82) is 0 Å². The van der Waals surface area contributed by atoms with Gasteiger partial charge in [-0.2, -0.15) is 0 Å². The molecule has 0 unspecified atom stereocenters. The molecular formula is C9H12K2O4. The van der Waals surface area contributed by atoms with Crippen molar-refractivity contribution in [3.63, 3.8) is 0 Å². The maximum Gasteiger partial charge on any atom is 1.00 e. The van der Waals surface area contributed by atoms with Gasteiger partial charge in [0.1, 0.15) is 11.5 Å². The van der Waals surface area contributed by atoms with Crippen LogP contribution in [0.5, 0.6) is 11.5 Å². The monoisotopic (exact) mass is 262 g/mol. The zero-order valence-electron chi connectivity index (χ0n) is 11.1. The number of phenolic OH excluding ortho intramolecular Hbond substituents is 1. The molecule has 0 spiro atoms. The van der Waals surface area contributed by atoms with Crippen molar-refractivity contribution in [1.82, 2.24) is 0 Å². The van der Waals surface area contributed by atoms with Gasteiger partial charge in [-0.3, -0.25) is 0 Å². The second-order valence-corrected chi connectivity index (χ2v) is 2.59. The number of hydrogen-bond acceptors (Lipinski definition) is 3. The minimum Gasteiger partial charge on any atom is -1.00 e. The van der Waals surface area contributed by atoms with Gasteiger partial charge in [0, 0.05) is 0 Å². The summed E-state index contributed by atoms with van der Waals surface area (Å²) in [5.41, 5.74) is 0. The van der Waals surface area contributed by atoms with Crippen LogP contribution in [0, 0.1) is 0 Å². The predicted molar refractivity (Wildman–Crippen MR) is 48.1 cm³/mol. The Hall–Kier alpha value is 1.56. The molecule has 74 valence electrons. The third-order valence-corrected chi connectivity index (χ3v) is 1.50. The van der Waals surface area contributed by atoms with Crippen LogP contribution in [-0.2, 0) is 4.79 Å². The van der Waals surface area contributed by atoms with E-state index in [-0.39, 0.29) is 111 Å². The molecule has 2 N–H and O–H groups in total. The molecule has 0 heterocycles. The van der Waals surface area contributed by atoms with Gasteiger partial charge in [0.2, 0.25) is 0 Å². The summed E-state index contributed by atoms with van der Waals surface area (Å²) in [6.07, 6.45) is -0.885. The third-order valence-electron chi connectivity index (χ3n) is 1.50. The van der Waals surface area contributed by atoms with Crippen LogP contribution in [0.2, 0.25) is 0 Å². The number of benzene rings is 1. The number of carboxylic acids is 1. The molecule has 0 amide bonds. The van der Waals surface area contributed by atoms with Crippen molar-refractivity contribution in [3.05, 3.63) is 24.3 Å². The van der Waals surface area contributed by atoms with Gasteiger partial charge in [0.25, 0.3) is 0 Å². The molecule has 0 aliphatic carbocycles. The first-order valence-corrected chi connectivity index (χ1v) is 3.78. The first-order valence-electron chi connectivity index (χ1n) is 3.78. The molecule has 0 aliphatic rings. The first kappa shape index (κ1) is 18.9. The summed E-state index contributed by atoms with van der Waals surface area (Å²) in [5, 5.41) is 17.5. The molecule has 0 aliphatic heterocycles. The largest absolute Gasteiger partial charge is 1.00 e. The normalized spacial score (nSPS) is 10.5. The van der Waals surface area contributed by atoms with Gasteiger partial charge in [0.15, 0.2) is 6.10 Å². The fraction of sp³-hybridized carbons (Fsp3) is 0.222. The van der Waals surface area contributed by atoms with E-state index >= 15 is 0 Å². The Bertz CT molecular complexity index is 308. The fourth-order valence-electron chi connectivity index (χ4n) is 0.779. The number of rotatable bonds is 3. The molecule has 0 aromatic heterocycles. The first-order chi connectivity index (χ1) is 6.09. The molecule has 1 aromatic carbocycles. The summed E-state index contributed by atoms with van der Waals surface area (Å²) in [4.78, 5) is 10.4. The van der Waals surface area contributed by atoms with Crippen molar-refractivity contribution < 1.29 is 125 Å². The zero-order chi connectivity index (χ0) is 9.84. The Balaban J connectivity index is -0.000000211. The Morgan fingerprint density at radius 3 is 2.20 bits per heavy atom. The van der Waals surface area contributed by atoms with Crippen molar-refractivity contribution in [2.45, 2.75) is 13.0 Å². The summed E-state index contributed by atoms with van der Waals surface area (Å²) in [5.74, 6) is -0.476. The molecule has 6 heteroatoms. The summed E-state index contributed by atoms with van der Waals surface area (Å²) in [6.45, 7) is 1.44. The summed E-state index contributed by atoms with van der Waals surface area (Å²) in [6, 6.07) is 5.89. The number of aliphatic carboxylic acids is 1. The van der Waals surface area contributed by atoms with E-state index in [1.165, 1.54) is 31.2 Å². The summed E-state index contributed by atoms with van der Waals surface area (Å²) >= 11 is 0. The fourth-order valence-corrected chi connectivity index (χ4v) is 0.779. The quantitative estimate of drug-likeness (QED) is 0.539. The number of aromatic hydroxyl groups is 1. The molecule has 15 heavy (non-hydrogen) atoms. The van der Waals surface area contributed by atoms with E-state index in [0.717, 1.165) is 0 Å². The van der Waals surface area contributed by atoms with Crippen molar-refractivity contribution in [3.8, 4) is 11.5 Å². The number of hydrogen-bond donors (Lipinski definition) is 2. The number of carboxylic acid groups (broad SMARTS) is 1. The maximum atomic E-state index is 10.4. The number of carbonyl (C=O) groups is 1. The molecule has 1 rings (SSSR count). The molecule has 1 aromatic rings. The number of phenols is 1. The minimum absolute atomic E-state index is 0. The van der Waals surface area contributed by atoms with Crippen molar-refractivity contribution in [2.24, 2.45) is 0 Å². The molecular weight excluding hydrogens is 250 g/mol.